The molecule has 2 aliphatic carbocycles. The SMILES string of the molecule is CC(C)CNCC1(Cc2nnn(C)n2)CC2CCC1C2. The second-order valence-corrected chi connectivity index (χ2v) is 7.34. The van der Waals surface area contributed by atoms with Crippen LogP contribution in [0.25, 0.3) is 0 Å². The Bertz CT molecular complexity index is 455. The minimum absolute atomic E-state index is 0.376. The molecule has 1 heterocycles. The van der Waals surface area contributed by atoms with Crippen molar-refractivity contribution in [3.05, 3.63) is 5.82 Å². The first-order chi connectivity index (χ1) is 9.57. The second-order valence-electron chi connectivity index (χ2n) is 7.34. The van der Waals surface area contributed by atoms with Crippen molar-refractivity contribution >= 4 is 0 Å². The molecule has 5 heteroatoms. The molecular weight excluding hydrogens is 250 g/mol. The summed E-state index contributed by atoms with van der Waals surface area (Å²) in [5, 5.41) is 16.3. The van der Waals surface area contributed by atoms with Gasteiger partial charge in [0.15, 0.2) is 5.82 Å². The Hall–Kier alpha value is -0.970. The first-order valence-corrected chi connectivity index (χ1v) is 8.01. The lowest BCUT2D eigenvalue weighted by atomic mass is 9.70. The predicted octanol–water partition coefficient (Wildman–Crippen LogP) is 1.80. The number of fused-ring (bicyclic) bond motifs is 2. The summed E-state index contributed by atoms with van der Waals surface area (Å²) < 4.78 is 0. The van der Waals surface area contributed by atoms with E-state index in [-0.39, 0.29) is 0 Å². The van der Waals surface area contributed by atoms with Crippen molar-refractivity contribution in [2.75, 3.05) is 13.1 Å². The molecule has 0 amide bonds. The van der Waals surface area contributed by atoms with E-state index < -0.39 is 0 Å². The summed E-state index contributed by atoms with van der Waals surface area (Å²) in [5.74, 6) is 3.43. The van der Waals surface area contributed by atoms with E-state index in [4.69, 9.17) is 0 Å². The maximum absolute atomic E-state index is 4.41. The molecule has 3 atom stereocenters. The van der Waals surface area contributed by atoms with Gasteiger partial charge in [-0.1, -0.05) is 20.3 Å². The molecule has 5 nitrogen and oxygen atoms in total. The fourth-order valence-corrected chi connectivity index (χ4v) is 4.37. The monoisotopic (exact) mass is 277 g/mol. The molecule has 0 spiro atoms. The van der Waals surface area contributed by atoms with Gasteiger partial charge in [-0.05, 0) is 54.2 Å². The quantitative estimate of drug-likeness (QED) is 0.861. The molecule has 2 fully saturated rings. The molecule has 1 N–H and O–H groups in total. The molecule has 0 saturated heterocycles. The van der Waals surface area contributed by atoms with Crippen LogP contribution >= 0.6 is 0 Å². The van der Waals surface area contributed by atoms with E-state index in [1.807, 2.05) is 7.05 Å². The molecule has 20 heavy (non-hydrogen) atoms. The highest BCUT2D eigenvalue weighted by atomic mass is 15.6. The predicted molar refractivity (Wildman–Crippen MR) is 78.1 cm³/mol. The summed E-state index contributed by atoms with van der Waals surface area (Å²) >= 11 is 0. The average Bonchev–Trinajstić information content (AvgIpc) is 3.05. The lowest BCUT2D eigenvalue weighted by molar-refractivity contribution is 0.151. The minimum atomic E-state index is 0.376. The van der Waals surface area contributed by atoms with Gasteiger partial charge in [0.1, 0.15) is 0 Å². The number of hydrogen-bond donors (Lipinski definition) is 1. The van der Waals surface area contributed by atoms with Crippen molar-refractivity contribution < 1.29 is 0 Å². The average molecular weight is 277 g/mol. The maximum atomic E-state index is 4.41. The van der Waals surface area contributed by atoms with E-state index in [0.717, 1.165) is 37.2 Å². The van der Waals surface area contributed by atoms with Crippen LogP contribution in [0, 0.1) is 23.2 Å². The number of tetrazole rings is 1. The third kappa shape index (κ3) is 2.73. The number of nitrogens with one attached hydrogen (secondary N) is 1. The van der Waals surface area contributed by atoms with E-state index in [2.05, 4.69) is 34.6 Å². The minimum Gasteiger partial charge on any atom is -0.316 e. The van der Waals surface area contributed by atoms with Crippen LogP contribution in [0.2, 0.25) is 0 Å². The summed E-state index contributed by atoms with van der Waals surface area (Å²) in [5.41, 5.74) is 0.376. The van der Waals surface area contributed by atoms with Gasteiger partial charge >= 0.3 is 0 Å². The van der Waals surface area contributed by atoms with Gasteiger partial charge < -0.3 is 5.32 Å². The lowest BCUT2D eigenvalue weighted by Crippen LogP contribution is -2.41. The first kappa shape index (κ1) is 14.0. The van der Waals surface area contributed by atoms with Crippen molar-refractivity contribution in [2.24, 2.45) is 30.2 Å². The van der Waals surface area contributed by atoms with Gasteiger partial charge in [-0.2, -0.15) is 4.80 Å². The van der Waals surface area contributed by atoms with Crippen LogP contribution in [-0.2, 0) is 13.5 Å². The normalized spacial score (nSPS) is 32.4. The summed E-state index contributed by atoms with van der Waals surface area (Å²) in [6, 6.07) is 0. The Morgan fingerprint density at radius 1 is 1.40 bits per heavy atom. The number of aromatic nitrogens is 4. The first-order valence-electron chi connectivity index (χ1n) is 8.01. The molecule has 1 aromatic heterocycles. The summed E-state index contributed by atoms with van der Waals surface area (Å²) in [4.78, 5) is 1.58. The second kappa shape index (κ2) is 5.43. The summed E-state index contributed by atoms with van der Waals surface area (Å²) in [6.45, 7) is 6.76. The Labute approximate surface area is 121 Å². The molecule has 3 unspecified atom stereocenters. The highest BCUT2D eigenvalue weighted by Crippen LogP contribution is 2.56. The zero-order chi connectivity index (χ0) is 14.2. The smallest absolute Gasteiger partial charge is 0.175 e. The van der Waals surface area contributed by atoms with Gasteiger partial charge in [0, 0.05) is 13.0 Å². The highest BCUT2D eigenvalue weighted by molar-refractivity contribution is 5.05. The van der Waals surface area contributed by atoms with E-state index in [0.29, 0.717) is 11.3 Å². The van der Waals surface area contributed by atoms with E-state index >= 15 is 0 Å². The largest absolute Gasteiger partial charge is 0.316 e. The third-order valence-electron chi connectivity index (χ3n) is 5.19. The molecule has 1 aromatic rings. The maximum Gasteiger partial charge on any atom is 0.175 e. The molecule has 112 valence electrons. The van der Waals surface area contributed by atoms with E-state index in [9.17, 15) is 0 Å². The molecule has 2 aliphatic rings. The summed E-state index contributed by atoms with van der Waals surface area (Å²) in [7, 11) is 1.85. The number of aryl methyl sites for hydroxylation is 1. The van der Waals surface area contributed by atoms with Gasteiger partial charge in [0.25, 0.3) is 0 Å². The number of hydrogen-bond acceptors (Lipinski definition) is 4. The molecule has 3 rings (SSSR count). The fourth-order valence-electron chi connectivity index (χ4n) is 4.37. The summed E-state index contributed by atoms with van der Waals surface area (Å²) in [6.07, 6.45) is 6.59. The van der Waals surface area contributed by atoms with Gasteiger partial charge in [-0.25, -0.2) is 0 Å². The number of nitrogens with zero attached hydrogens (tertiary/aromatic N) is 4. The van der Waals surface area contributed by atoms with Gasteiger partial charge in [-0.15, -0.1) is 10.2 Å². The lowest BCUT2D eigenvalue weighted by Gasteiger charge is -2.37. The topological polar surface area (TPSA) is 55.6 Å². The Morgan fingerprint density at radius 2 is 2.25 bits per heavy atom. The van der Waals surface area contributed by atoms with Crippen molar-refractivity contribution in [1.29, 1.82) is 0 Å². The van der Waals surface area contributed by atoms with Crippen molar-refractivity contribution in [1.82, 2.24) is 25.5 Å². The zero-order valence-electron chi connectivity index (χ0n) is 13.0. The third-order valence-corrected chi connectivity index (χ3v) is 5.19. The standard InChI is InChI=1S/C15H27N5/c1-11(2)9-16-10-15(7-12-4-5-13(15)6-12)8-14-17-19-20(3)18-14/h11-13,16H,4-10H2,1-3H3. The molecule has 2 bridgehead atoms. The van der Waals surface area contributed by atoms with Crippen LogP contribution in [0.3, 0.4) is 0 Å². The Morgan fingerprint density at radius 3 is 2.80 bits per heavy atom. The van der Waals surface area contributed by atoms with E-state index in [1.54, 1.807) is 4.80 Å². The van der Waals surface area contributed by atoms with Crippen LogP contribution in [0.1, 0.15) is 45.4 Å². The van der Waals surface area contributed by atoms with Crippen LogP contribution in [0.15, 0.2) is 0 Å². The van der Waals surface area contributed by atoms with E-state index in [1.165, 1.54) is 25.7 Å². The highest BCUT2D eigenvalue weighted by Gasteiger charge is 2.51. The van der Waals surface area contributed by atoms with Crippen LogP contribution < -0.4 is 5.32 Å². The number of rotatable bonds is 6. The Kier molecular flexibility index (Phi) is 3.80. The van der Waals surface area contributed by atoms with Gasteiger partial charge in [0.05, 0.1) is 7.05 Å². The van der Waals surface area contributed by atoms with Gasteiger partial charge in [0.2, 0.25) is 0 Å². The molecule has 0 aliphatic heterocycles. The fraction of sp³-hybridized carbons (Fsp3) is 0.933. The molecule has 0 radical (unpaired) electrons. The van der Waals surface area contributed by atoms with Crippen molar-refractivity contribution in [3.63, 3.8) is 0 Å². The van der Waals surface area contributed by atoms with Crippen LogP contribution in [-0.4, -0.2) is 33.3 Å². The van der Waals surface area contributed by atoms with Gasteiger partial charge in [-0.3, -0.25) is 0 Å². The van der Waals surface area contributed by atoms with Crippen molar-refractivity contribution in [2.45, 2.75) is 46.0 Å². The zero-order valence-corrected chi connectivity index (χ0v) is 13.0. The Balaban J connectivity index is 1.70. The van der Waals surface area contributed by atoms with Crippen LogP contribution in [0.4, 0.5) is 0 Å². The molecule has 2 saturated carbocycles. The molecule has 0 aromatic carbocycles. The van der Waals surface area contributed by atoms with Crippen LogP contribution in [0.5, 0.6) is 0 Å². The van der Waals surface area contributed by atoms with Crippen molar-refractivity contribution in [3.8, 4) is 0 Å². The molecular formula is C15H27N5.